The molecule has 4 aromatic rings. The fourth-order valence-corrected chi connectivity index (χ4v) is 2.38. The predicted octanol–water partition coefficient (Wildman–Crippen LogP) is 1.98. The molecule has 0 radical (unpaired) electrons. The van der Waals surface area contributed by atoms with Gasteiger partial charge in [0.15, 0.2) is 16.9 Å². The first-order valence-corrected chi connectivity index (χ1v) is 7.18. The molecule has 25 heavy (non-hydrogen) atoms. The van der Waals surface area contributed by atoms with Gasteiger partial charge < -0.3 is 15.0 Å². The number of fused-ring (bicyclic) bond motifs is 1. The summed E-state index contributed by atoms with van der Waals surface area (Å²) in [5.41, 5.74) is 6.42. The third-order valence-electron chi connectivity index (χ3n) is 3.58. The van der Waals surface area contributed by atoms with Crippen LogP contribution in [0.2, 0.25) is 0 Å². The molecule has 4 rings (SSSR count). The van der Waals surface area contributed by atoms with Crippen LogP contribution in [0.3, 0.4) is 0 Å². The lowest BCUT2D eigenvalue weighted by Gasteiger charge is -2.11. The summed E-state index contributed by atoms with van der Waals surface area (Å²) in [6.45, 7) is -0.340. The molecule has 0 atom stereocenters. The van der Waals surface area contributed by atoms with Crippen molar-refractivity contribution < 1.29 is 13.5 Å². The van der Waals surface area contributed by atoms with E-state index in [1.54, 1.807) is 6.20 Å². The van der Waals surface area contributed by atoms with E-state index in [-0.39, 0.29) is 23.7 Å². The number of benzene rings is 1. The van der Waals surface area contributed by atoms with Crippen LogP contribution in [0.25, 0.3) is 16.9 Å². The summed E-state index contributed by atoms with van der Waals surface area (Å²) in [5, 5.41) is 9.98. The van der Waals surface area contributed by atoms with Crippen LogP contribution in [0.1, 0.15) is 5.56 Å². The molecule has 0 saturated carbocycles. The highest BCUT2D eigenvalue weighted by molar-refractivity contribution is 5.78. The number of pyridine rings is 1. The Labute approximate surface area is 139 Å². The summed E-state index contributed by atoms with van der Waals surface area (Å²) in [7, 11) is 0. The van der Waals surface area contributed by atoms with Crippen LogP contribution in [0.5, 0.6) is 5.75 Å². The number of halogens is 2. The second-order valence-electron chi connectivity index (χ2n) is 5.20. The molecular weight excluding hydrogens is 332 g/mol. The van der Waals surface area contributed by atoms with Crippen molar-refractivity contribution in [3.63, 3.8) is 0 Å². The van der Waals surface area contributed by atoms with Gasteiger partial charge in [-0.2, -0.15) is 0 Å². The summed E-state index contributed by atoms with van der Waals surface area (Å²) < 4.78 is 35.6. The van der Waals surface area contributed by atoms with Gasteiger partial charge in [0.05, 0.1) is 17.6 Å². The molecule has 0 fully saturated rings. The number of aromatic nitrogens is 6. The van der Waals surface area contributed by atoms with E-state index in [0.29, 0.717) is 16.9 Å². The van der Waals surface area contributed by atoms with Crippen molar-refractivity contribution in [2.45, 2.75) is 6.61 Å². The van der Waals surface area contributed by atoms with E-state index in [1.807, 2.05) is 0 Å². The Morgan fingerprint density at radius 2 is 2.00 bits per heavy atom. The van der Waals surface area contributed by atoms with E-state index >= 15 is 0 Å². The number of anilines is 1. The Morgan fingerprint density at radius 3 is 2.72 bits per heavy atom. The summed E-state index contributed by atoms with van der Waals surface area (Å²) in [6.07, 6.45) is 4.56. The van der Waals surface area contributed by atoms with Crippen molar-refractivity contribution >= 4 is 17.0 Å². The second kappa shape index (κ2) is 5.82. The van der Waals surface area contributed by atoms with Gasteiger partial charge in [-0.05, 0) is 12.1 Å². The first kappa shape index (κ1) is 15.0. The van der Waals surface area contributed by atoms with Crippen molar-refractivity contribution in [3.05, 3.63) is 54.1 Å². The van der Waals surface area contributed by atoms with Crippen molar-refractivity contribution in [2.24, 2.45) is 0 Å². The monoisotopic (exact) mass is 343 g/mol. The normalized spacial score (nSPS) is 11.1. The second-order valence-corrected chi connectivity index (χ2v) is 5.20. The molecule has 3 aromatic heterocycles. The molecule has 126 valence electrons. The number of hydrogen-bond acceptors (Lipinski definition) is 6. The van der Waals surface area contributed by atoms with Gasteiger partial charge in [0.1, 0.15) is 24.1 Å². The molecule has 0 aliphatic carbocycles. The van der Waals surface area contributed by atoms with E-state index in [2.05, 4.69) is 25.4 Å². The molecule has 3 heterocycles. The predicted molar refractivity (Wildman–Crippen MR) is 83.9 cm³/mol. The molecule has 0 aliphatic heterocycles. The molecule has 0 saturated heterocycles. The quantitative estimate of drug-likeness (QED) is 0.587. The van der Waals surface area contributed by atoms with Gasteiger partial charge in [0.2, 0.25) is 0 Å². The first-order chi connectivity index (χ1) is 12.1. The lowest BCUT2D eigenvalue weighted by molar-refractivity contribution is 0.295. The van der Waals surface area contributed by atoms with Gasteiger partial charge in [-0.1, -0.05) is 5.21 Å². The average Bonchev–Trinajstić information content (AvgIpc) is 3.25. The standard InChI is InChI=1S/C15H11F2N7O/c16-10-3-8(24-2-1-19-7-24)4-11(17)9(10)6-25-12-5-13(18)20-15-14(12)21-23-22-15/h1-5,7H,6H2,(H3,18,20,21,22,23). The Bertz CT molecular complexity index is 1020. The van der Waals surface area contributed by atoms with Crippen LogP contribution in [0.15, 0.2) is 36.9 Å². The number of hydrogen-bond donors (Lipinski definition) is 2. The smallest absolute Gasteiger partial charge is 0.181 e. The number of nitrogens with two attached hydrogens (primary N) is 1. The van der Waals surface area contributed by atoms with Crippen LogP contribution in [0.4, 0.5) is 14.6 Å². The van der Waals surface area contributed by atoms with Gasteiger partial charge in [-0.15, -0.1) is 5.10 Å². The van der Waals surface area contributed by atoms with Crippen LogP contribution >= 0.6 is 0 Å². The highest BCUT2D eigenvalue weighted by Crippen LogP contribution is 2.25. The number of nitrogens with one attached hydrogen (secondary N) is 1. The minimum Gasteiger partial charge on any atom is -0.486 e. The number of H-pyrrole nitrogens is 1. The number of nitrogens with zero attached hydrogens (tertiary/aromatic N) is 5. The number of imidazole rings is 1. The third kappa shape index (κ3) is 2.73. The molecule has 3 N–H and O–H groups in total. The Kier molecular flexibility index (Phi) is 3.49. The lowest BCUT2D eigenvalue weighted by atomic mass is 10.2. The third-order valence-corrected chi connectivity index (χ3v) is 3.58. The summed E-state index contributed by atoms with van der Waals surface area (Å²) >= 11 is 0. The lowest BCUT2D eigenvalue weighted by Crippen LogP contribution is -2.05. The van der Waals surface area contributed by atoms with E-state index < -0.39 is 11.6 Å². The minimum atomic E-state index is -0.734. The SMILES string of the molecule is Nc1cc(OCc2c(F)cc(-n3ccnc3)cc2F)c2nn[nH]c2n1. The summed E-state index contributed by atoms with van der Waals surface area (Å²) in [4.78, 5) is 7.84. The van der Waals surface area contributed by atoms with E-state index in [0.717, 1.165) is 0 Å². The molecule has 10 heteroatoms. The molecule has 0 unspecified atom stereocenters. The Hall–Kier alpha value is -3.56. The van der Waals surface area contributed by atoms with Crippen molar-refractivity contribution in [1.82, 2.24) is 29.9 Å². The molecule has 8 nitrogen and oxygen atoms in total. The van der Waals surface area contributed by atoms with E-state index in [4.69, 9.17) is 10.5 Å². The van der Waals surface area contributed by atoms with E-state index in [9.17, 15) is 8.78 Å². The molecule has 0 spiro atoms. The van der Waals surface area contributed by atoms with Gasteiger partial charge in [-0.3, -0.25) is 0 Å². The number of aromatic amines is 1. The largest absolute Gasteiger partial charge is 0.486 e. The van der Waals surface area contributed by atoms with Crippen molar-refractivity contribution in [2.75, 3.05) is 5.73 Å². The number of ether oxygens (including phenoxy) is 1. The fraction of sp³-hybridized carbons (Fsp3) is 0.0667. The average molecular weight is 343 g/mol. The van der Waals surface area contributed by atoms with Crippen molar-refractivity contribution in [1.29, 1.82) is 0 Å². The zero-order valence-electron chi connectivity index (χ0n) is 12.6. The van der Waals surface area contributed by atoms with Gasteiger partial charge in [0, 0.05) is 18.5 Å². The van der Waals surface area contributed by atoms with Crippen LogP contribution in [-0.4, -0.2) is 29.9 Å². The zero-order valence-corrected chi connectivity index (χ0v) is 12.6. The highest BCUT2D eigenvalue weighted by Gasteiger charge is 2.15. The molecule has 0 bridgehead atoms. The first-order valence-electron chi connectivity index (χ1n) is 7.18. The van der Waals surface area contributed by atoms with Crippen LogP contribution in [-0.2, 0) is 6.61 Å². The van der Waals surface area contributed by atoms with Gasteiger partial charge in [-0.25, -0.2) is 23.8 Å². The Morgan fingerprint density at radius 1 is 1.20 bits per heavy atom. The minimum absolute atomic E-state index is 0.171. The van der Waals surface area contributed by atoms with Gasteiger partial charge >= 0.3 is 0 Å². The molecule has 0 amide bonds. The van der Waals surface area contributed by atoms with Crippen molar-refractivity contribution in [3.8, 4) is 11.4 Å². The topological polar surface area (TPSA) is 108 Å². The molecular formula is C15H11F2N7O. The number of rotatable bonds is 4. The molecule has 1 aromatic carbocycles. The highest BCUT2D eigenvalue weighted by atomic mass is 19.1. The summed E-state index contributed by atoms with van der Waals surface area (Å²) in [6, 6.07) is 3.83. The fourth-order valence-electron chi connectivity index (χ4n) is 2.38. The summed E-state index contributed by atoms with van der Waals surface area (Å²) in [5.74, 6) is -1.07. The maximum Gasteiger partial charge on any atom is 0.181 e. The van der Waals surface area contributed by atoms with Crippen LogP contribution in [0, 0.1) is 11.6 Å². The van der Waals surface area contributed by atoms with Gasteiger partial charge in [0.25, 0.3) is 0 Å². The number of nitrogen functional groups attached to an aromatic ring is 1. The molecule has 0 aliphatic rings. The maximum atomic E-state index is 14.3. The van der Waals surface area contributed by atoms with E-state index in [1.165, 1.54) is 35.3 Å². The zero-order chi connectivity index (χ0) is 17.4. The van der Waals surface area contributed by atoms with Crippen LogP contribution < -0.4 is 10.5 Å². The Balaban J connectivity index is 1.63. The maximum absolute atomic E-state index is 14.3.